The molecule has 1 amide bonds. The van der Waals surface area contributed by atoms with E-state index in [2.05, 4.69) is 24.4 Å². The van der Waals surface area contributed by atoms with Crippen LogP contribution < -0.4 is 11.1 Å². The molecule has 3 nitrogen and oxygen atoms in total. The smallest absolute Gasteiger partial charge is 0.227 e. The van der Waals surface area contributed by atoms with Crippen LogP contribution in [-0.2, 0) is 11.2 Å². The monoisotopic (exact) mass is 296 g/mol. The zero-order valence-corrected chi connectivity index (χ0v) is 13.0. The highest BCUT2D eigenvalue weighted by Crippen LogP contribution is 2.37. The van der Waals surface area contributed by atoms with Gasteiger partial charge in [0.1, 0.15) is 0 Å². The molecule has 20 heavy (non-hydrogen) atoms. The van der Waals surface area contributed by atoms with Gasteiger partial charge in [-0.05, 0) is 37.3 Å². The maximum absolute atomic E-state index is 12.3. The Morgan fingerprint density at radius 3 is 2.55 bits per heavy atom. The number of benzene rings is 1. The lowest BCUT2D eigenvalue weighted by Crippen LogP contribution is -2.44. The number of halogens is 1. The van der Waals surface area contributed by atoms with Crippen molar-refractivity contribution in [3.8, 4) is 0 Å². The van der Waals surface area contributed by atoms with E-state index >= 15 is 0 Å². The van der Waals surface area contributed by atoms with E-state index in [0.717, 1.165) is 32.1 Å². The van der Waals surface area contributed by atoms with E-state index in [1.54, 1.807) is 0 Å². The van der Waals surface area contributed by atoms with Gasteiger partial charge in [0.25, 0.3) is 0 Å². The molecule has 0 saturated heterocycles. The van der Waals surface area contributed by atoms with Gasteiger partial charge in [-0.15, -0.1) is 12.4 Å². The molecule has 112 valence electrons. The van der Waals surface area contributed by atoms with E-state index in [0.29, 0.717) is 13.1 Å². The number of hydrogen-bond acceptors (Lipinski definition) is 2. The SMILES string of the molecule is Cc1ccccc1CCNC(=O)C1(CN)CCCC1.Cl. The minimum absolute atomic E-state index is 0. The molecular formula is C16H25ClN2O. The molecule has 0 heterocycles. The second-order valence-corrected chi connectivity index (χ2v) is 5.62. The van der Waals surface area contributed by atoms with E-state index in [4.69, 9.17) is 5.73 Å². The van der Waals surface area contributed by atoms with E-state index < -0.39 is 0 Å². The molecule has 2 rings (SSSR count). The summed E-state index contributed by atoms with van der Waals surface area (Å²) in [6.07, 6.45) is 5.03. The van der Waals surface area contributed by atoms with E-state index in [9.17, 15) is 4.79 Å². The van der Waals surface area contributed by atoms with Crippen LogP contribution in [0.4, 0.5) is 0 Å². The summed E-state index contributed by atoms with van der Waals surface area (Å²) >= 11 is 0. The van der Waals surface area contributed by atoms with Crippen LogP contribution in [0.5, 0.6) is 0 Å². The molecule has 1 aromatic carbocycles. The minimum atomic E-state index is -0.286. The second-order valence-electron chi connectivity index (χ2n) is 5.62. The number of carbonyl (C=O) groups excluding carboxylic acids is 1. The molecule has 0 spiro atoms. The van der Waals surface area contributed by atoms with Crippen molar-refractivity contribution in [1.29, 1.82) is 0 Å². The van der Waals surface area contributed by atoms with Crippen molar-refractivity contribution in [3.05, 3.63) is 35.4 Å². The first kappa shape index (κ1) is 17.0. The van der Waals surface area contributed by atoms with Gasteiger partial charge >= 0.3 is 0 Å². The summed E-state index contributed by atoms with van der Waals surface area (Å²) in [7, 11) is 0. The third kappa shape index (κ3) is 3.74. The molecule has 0 atom stereocenters. The van der Waals surface area contributed by atoms with Crippen LogP contribution in [0.2, 0.25) is 0 Å². The van der Waals surface area contributed by atoms with Gasteiger partial charge in [0.15, 0.2) is 0 Å². The highest BCUT2D eigenvalue weighted by molar-refractivity contribution is 5.85. The molecule has 0 aromatic heterocycles. The van der Waals surface area contributed by atoms with Gasteiger partial charge in [0, 0.05) is 13.1 Å². The zero-order valence-electron chi connectivity index (χ0n) is 12.2. The molecule has 3 N–H and O–H groups in total. The number of carbonyl (C=O) groups is 1. The predicted molar refractivity (Wildman–Crippen MR) is 85.1 cm³/mol. The number of nitrogens with two attached hydrogens (primary N) is 1. The molecule has 0 bridgehead atoms. The van der Waals surface area contributed by atoms with Crippen LogP contribution >= 0.6 is 12.4 Å². The van der Waals surface area contributed by atoms with Crippen molar-refractivity contribution in [2.45, 2.75) is 39.0 Å². The molecule has 1 fully saturated rings. The maximum atomic E-state index is 12.3. The van der Waals surface area contributed by atoms with Crippen LogP contribution in [-0.4, -0.2) is 19.0 Å². The Kier molecular flexibility index (Phi) is 6.50. The summed E-state index contributed by atoms with van der Waals surface area (Å²) in [4.78, 5) is 12.3. The normalized spacial score (nSPS) is 16.5. The van der Waals surface area contributed by atoms with Gasteiger partial charge < -0.3 is 11.1 Å². The topological polar surface area (TPSA) is 55.1 Å². The van der Waals surface area contributed by atoms with Crippen molar-refractivity contribution >= 4 is 18.3 Å². The summed E-state index contributed by atoms with van der Waals surface area (Å²) in [6, 6.07) is 8.31. The summed E-state index contributed by atoms with van der Waals surface area (Å²) in [6.45, 7) is 3.28. The molecule has 1 saturated carbocycles. The highest BCUT2D eigenvalue weighted by atomic mass is 35.5. The summed E-state index contributed by atoms with van der Waals surface area (Å²) < 4.78 is 0. The molecule has 1 aromatic rings. The first-order chi connectivity index (χ1) is 9.18. The van der Waals surface area contributed by atoms with Gasteiger partial charge in [-0.1, -0.05) is 37.1 Å². The van der Waals surface area contributed by atoms with Gasteiger partial charge in [0.05, 0.1) is 5.41 Å². The van der Waals surface area contributed by atoms with Crippen molar-refractivity contribution in [2.24, 2.45) is 11.1 Å². The van der Waals surface area contributed by atoms with Crippen molar-refractivity contribution < 1.29 is 4.79 Å². The third-order valence-corrected chi connectivity index (χ3v) is 4.37. The average Bonchev–Trinajstić information content (AvgIpc) is 2.91. The largest absolute Gasteiger partial charge is 0.355 e. The van der Waals surface area contributed by atoms with Gasteiger partial charge in [-0.3, -0.25) is 4.79 Å². The Morgan fingerprint density at radius 2 is 1.95 bits per heavy atom. The lowest BCUT2D eigenvalue weighted by atomic mass is 9.85. The van der Waals surface area contributed by atoms with E-state index in [-0.39, 0.29) is 23.7 Å². The molecule has 1 aliphatic carbocycles. The standard InChI is InChI=1S/C16H24N2O.ClH/c1-13-6-2-3-7-14(13)8-11-18-15(19)16(12-17)9-4-5-10-16;/h2-3,6-7H,4-5,8-12,17H2,1H3,(H,18,19);1H. The number of hydrogen-bond donors (Lipinski definition) is 2. The Balaban J connectivity index is 0.00000200. The molecule has 0 radical (unpaired) electrons. The van der Waals surface area contributed by atoms with Gasteiger partial charge in [0.2, 0.25) is 5.91 Å². The maximum Gasteiger partial charge on any atom is 0.227 e. The number of nitrogens with one attached hydrogen (secondary N) is 1. The summed E-state index contributed by atoms with van der Waals surface area (Å²) in [5.74, 6) is 0.154. The molecule has 0 aliphatic heterocycles. The number of rotatable bonds is 5. The van der Waals surface area contributed by atoms with Crippen LogP contribution in [0.3, 0.4) is 0 Å². The van der Waals surface area contributed by atoms with Crippen LogP contribution in [0.1, 0.15) is 36.8 Å². The number of amides is 1. The average molecular weight is 297 g/mol. The summed E-state index contributed by atoms with van der Waals surface area (Å²) in [5.41, 5.74) is 8.12. The van der Waals surface area contributed by atoms with Crippen LogP contribution in [0.25, 0.3) is 0 Å². The lowest BCUT2D eigenvalue weighted by Gasteiger charge is -2.25. The van der Waals surface area contributed by atoms with Crippen LogP contribution in [0, 0.1) is 12.3 Å². The fourth-order valence-electron chi connectivity index (χ4n) is 2.96. The molecule has 0 unspecified atom stereocenters. The molecule has 4 heteroatoms. The minimum Gasteiger partial charge on any atom is -0.355 e. The fraction of sp³-hybridized carbons (Fsp3) is 0.562. The summed E-state index contributed by atoms with van der Waals surface area (Å²) in [5, 5.41) is 3.07. The van der Waals surface area contributed by atoms with Crippen molar-refractivity contribution in [1.82, 2.24) is 5.32 Å². The van der Waals surface area contributed by atoms with Crippen LogP contribution in [0.15, 0.2) is 24.3 Å². The fourth-order valence-corrected chi connectivity index (χ4v) is 2.96. The Morgan fingerprint density at radius 1 is 1.30 bits per heavy atom. The first-order valence-electron chi connectivity index (χ1n) is 7.21. The Labute approximate surface area is 127 Å². The highest BCUT2D eigenvalue weighted by Gasteiger charge is 2.39. The van der Waals surface area contributed by atoms with Gasteiger partial charge in [-0.25, -0.2) is 0 Å². The predicted octanol–water partition coefficient (Wildman–Crippen LogP) is 2.59. The Bertz CT molecular complexity index is 442. The van der Waals surface area contributed by atoms with E-state index in [1.165, 1.54) is 11.1 Å². The van der Waals surface area contributed by atoms with Crippen molar-refractivity contribution in [3.63, 3.8) is 0 Å². The molecule has 1 aliphatic rings. The zero-order chi connectivity index (χ0) is 13.7. The second kappa shape index (κ2) is 7.65. The quantitative estimate of drug-likeness (QED) is 0.877. The van der Waals surface area contributed by atoms with Gasteiger partial charge in [-0.2, -0.15) is 0 Å². The number of aryl methyl sites for hydroxylation is 1. The first-order valence-corrected chi connectivity index (χ1v) is 7.21. The lowest BCUT2D eigenvalue weighted by molar-refractivity contribution is -0.130. The Hall–Kier alpha value is -1.06. The third-order valence-electron chi connectivity index (χ3n) is 4.37. The molecular weight excluding hydrogens is 272 g/mol. The van der Waals surface area contributed by atoms with E-state index in [1.807, 2.05) is 12.1 Å². The van der Waals surface area contributed by atoms with Crippen molar-refractivity contribution in [2.75, 3.05) is 13.1 Å².